The molecule has 0 spiro atoms. The minimum absolute atomic E-state index is 0.202. The summed E-state index contributed by atoms with van der Waals surface area (Å²) >= 11 is 9.34. The monoisotopic (exact) mass is 843 g/mol. The molecule has 0 atom stereocenters. The van der Waals surface area contributed by atoms with Gasteiger partial charge in [0.1, 0.15) is 12.4 Å². The molecule has 0 aliphatic carbocycles. The van der Waals surface area contributed by atoms with Crippen molar-refractivity contribution in [2.24, 2.45) is 5.10 Å². The summed E-state index contributed by atoms with van der Waals surface area (Å²) in [5.74, 6) is 2.70. The van der Waals surface area contributed by atoms with E-state index in [4.69, 9.17) is 24.3 Å². The average Bonchev–Trinajstić information content (AvgIpc) is 3.01. The van der Waals surface area contributed by atoms with E-state index in [1.54, 1.807) is 19.4 Å². The van der Waals surface area contributed by atoms with E-state index in [2.05, 4.69) is 68.3 Å². The Morgan fingerprint density at radius 1 is 1.02 bits per heavy atom. The largest absolute Gasteiger partial charge is 0.496 e. The van der Waals surface area contributed by atoms with Crippen LogP contribution < -0.4 is 19.8 Å². The molecule has 0 aliphatic rings. The number of ether oxygens (including phenoxy) is 3. The van der Waals surface area contributed by atoms with Crippen LogP contribution in [0, 0.1) is 10.5 Å². The molecule has 5 aromatic rings. The Morgan fingerprint density at radius 3 is 2.51 bits per heavy atom. The second kappa shape index (κ2) is 14.5. The van der Waals surface area contributed by atoms with E-state index < -0.39 is 0 Å². The molecule has 1 heterocycles. The first-order chi connectivity index (χ1) is 21.6. The Hall–Kier alpha value is -3.22. The summed E-state index contributed by atoms with van der Waals surface area (Å²) in [5, 5.41) is 5.21. The minimum atomic E-state index is -0.257. The van der Waals surface area contributed by atoms with Gasteiger partial charge in [-0.1, -0.05) is 63.9 Å². The van der Waals surface area contributed by atoms with Gasteiger partial charge in [0.05, 0.1) is 34.4 Å². The van der Waals surface area contributed by atoms with Crippen LogP contribution in [0.15, 0.2) is 85.6 Å². The van der Waals surface area contributed by atoms with Crippen molar-refractivity contribution in [2.45, 2.75) is 40.2 Å². The van der Waals surface area contributed by atoms with E-state index in [1.165, 1.54) is 4.68 Å². The molecule has 0 unspecified atom stereocenters. The van der Waals surface area contributed by atoms with Gasteiger partial charge in [-0.3, -0.25) is 4.79 Å². The Labute approximate surface area is 293 Å². The van der Waals surface area contributed by atoms with Crippen LogP contribution in [0.3, 0.4) is 0 Å². The lowest BCUT2D eigenvalue weighted by Crippen LogP contribution is -2.21. The molecule has 0 fully saturated rings. The standard InChI is InChI=1S/C35H32Br2IN3O4/c1-6-44-32-15-22(14-29(38)33(32)45-19-23-11-12-24(36)16-28(23)37)18-39-41-34(40-30-10-8-7-9-25(30)35(41)42)27-17-26(20(2)3)31(43-5)13-21(27)4/h7-18,20H,6,19H2,1-5H3. The number of nitrogens with zero attached hydrogens (tertiary/aromatic N) is 3. The zero-order chi connectivity index (χ0) is 32.2. The zero-order valence-electron chi connectivity index (χ0n) is 25.5. The maximum absolute atomic E-state index is 13.9. The molecule has 0 saturated carbocycles. The van der Waals surface area contributed by atoms with Crippen molar-refractivity contribution in [1.82, 2.24) is 9.66 Å². The lowest BCUT2D eigenvalue weighted by atomic mass is 9.96. The van der Waals surface area contributed by atoms with Crippen molar-refractivity contribution in [1.29, 1.82) is 0 Å². The number of rotatable bonds is 10. The summed E-state index contributed by atoms with van der Waals surface area (Å²) in [7, 11) is 1.67. The van der Waals surface area contributed by atoms with Gasteiger partial charge in [-0.2, -0.15) is 9.78 Å². The summed E-state index contributed by atoms with van der Waals surface area (Å²) in [6.07, 6.45) is 1.66. The van der Waals surface area contributed by atoms with Crippen molar-refractivity contribution >= 4 is 71.6 Å². The van der Waals surface area contributed by atoms with Crippen molar-refractivity contribution in [3.8, 4) is 28.6 Å². The van der Waals surface area contributed by atoms with Gasteiger partial charge in [0.2, 0.25) is 0 Å². The molecule has 4 aromatic carbocycles. The molecule has 0 amide bonds. The van der Waals surface area contributed by atoms with Gasteiger partial charge in [0.15, 0.2) is 17.3 Å². The summed E-state index contributed by atoms with van der Waals surface area (Å²) < 4.78 is 22.1. The first-order valence-corrected chi connectivity index (χ1v) is 17.1. The van der Waals surface area contributed by atoms with E-state index in [9.17, 15) is 4.79 Å². The van der Waals surface area contributed by atoms with Gasteiger partial charge in [-0.25, -0.2) is 4.98 Å². The molecule has 10 heteroatoms. The summed E-state index contributed by atoms with van der Waals surface area (Å²) in [6, 6.07) is 21.2. The fourth-order valence-corrected chi connectivity index (χ4v) is 6.89. The van der Waals surface area contributed by atoms with Crippen molar-refractivity contribution in [3.05, 3.63) is 112 Å². The first kappa shape index (κ1) is 33.2. The number of benzene rings is 4. The number of methoxy groups -OCH3 is 1. The fourth-order valence-electron chi connectivity index (χ4n) is 4.95. The van der Waals surface area contributed by atoms with Crippen LogP contribution in [0.5, 0.6) is 17.2 Å². The topological polar surface area (TPSA) is 74.9 Å². The van der Waals surface area contributed by atoms with Crippen LogP contribution in [0.1, 0.15) is 48.9 Å². The van der Waals surface area contributed by atoms with Crippen molar-refractivity contribution in [2.75, 3.05) is 13.7 Å². The molecular formula is C35H32Br2IN3O4. The van der Waals surface area contributed by atoms with Gasteiger partial charge < -0.3 is 14.2 Å². The molecule has 1 aromatic heterocycles. The number of hydrogen-bond acceptors (Lipinski definition) is 6. The molecule has 0 N–H and O–H groups in total. The zero-order valence-corrected chi connectivity index (χ0v) is 30.9. The highest BCUT2D eigenvalue weighted by atomic mass is 127. The third kappa shape index (κ3) is 7.28. The summed E-state index contributed by atoms with van der Waals surface area (Å²) in [6.45, 7) is 8.95. The molecule has 0 bridgehead atoms. The van der Waals surface area contributed by atoms with Gasteiger partial charge in [-0.05, 0) is 108 Å². The van der Waals surface area contributed by atoms with Crippen LogP contribution in [-0.4, -0.2) is 29.6 Å². The maximum Gasteiger partial charge on any atom is 0.282 e. The number of hydrogen-bond donors (Lipinski definition) is 0. The van der Waals surface area contributed by atoms with E-state index in [1.807, 2.05) is 74.5 Å². The SMILES string of the molecule is CCOc1cc(C=Nn2c(-c3cc(C(C)C)c(OC)cc3C)nc3ccccc3c2=O)cc(I)c1OCc1ccc(Br)cc1Br. The van der Waals surface area contributed by atoms with E-state index in [-0.39, 0.29) is 11.5 Å². The molecule has 7 nitrogen and oxygen atoms in total. The van der Waals surface area contributed by atoms with Gasteiger partial charge >= 0.3 is 0 Å². The van der Waals surface area contributed by atoms with Gasteiger partial charge in [0, 0.05) is 20.1 Å². The van der Waals surface area contributed by atoms with Gasteiger partial charge in [-0.15, -0.1) is 0 Å². The second-order valence-corrected chi connectivity index (χ2v) is 13.6. The predicted molar refractivity (Wildman–Crippen MR) is 196 cm³/mol. The fraction of sp³-hybridized carbons (Fsp3) is 0.229. The predicted octanol–water partition coefficient (Wildman–Crippen LogP) is 9.49. The molecule has 232 valence electrons. The Bertz CT molecular complexity index is 1970. The lowest BCUT2D eigenvalue weighted by molar-refractivity contribution is 0.267. The van der Waals surface area contributed by atoms with E-state index in [0.717, 1.165) is 46.1 Å². The smallest absolute Gasteiger partial charge is 0.282 e. The Kier molecular flexibility index (Phi) is 10.7. The van der Waals surface area contributed by atoms with E-state index in [0.29, 0.717) is 41.4 Å². The maximum atomic E-state index is 13.9. The highest BCUT2D eigenvalue weighted by molar-refractivity contribution is 14.1. The number of aryl methyl sites for hydroxylation is 1. The van der Waals surface area contributed by atoms with Crippen LogP contribution in [-0.2, 0) is 6.61 Å². The molecular weight excluding hydrogens is 813 g/mol. The Balaban J connectivity index is 1.59. The number of halogens is 3. The normalized spacial score (nSPS) is 11.5. The lowest BCUT2D eigenvalue weighted by Gasteiger charge is -2.17. The number of fused-ring (bicyclic) bond motifs is 1. The third-order valence-corrected chi connectivity index (χ3v) is 9.27. The quantitative estimate of drug-likeness (QED) is 0.104. The minimum Gasteiger partial charge on any atom is -0.496 e. The first-order valence-electron chi connectivity index (χ1n) is 14.4. The highest BCUT2D eigenvalue weighted by Gasteiger charge is 2.19. The molecule has 5 rings (SSSR count). The van der Waals surface area contributed by atoms with Crippen LogP contribution in [0.4, 0.5) is 0 Å². The van der Waals surface area contributed by atoms with Crippen LogP contribution in [0.2, 0.25) is 0 Å². The Morgan fingerprint density at radius 2 is 1.80 bits per heavy atom. The van der Waals surface area contributed by atoms with E-state index >= 15 is 0 Å². The molecule has 45 heavy (non-hydrogen) atoms. The third-order valence-electron chi connectivity index (χ3n) is 7.23. The summed E-state index contributed by atoms with van der Waals surface area (Å²) in [4.78, 5) is 18.8. The average molecular weight is 845 g/mol. The summed E-state index contributed by atoms with van der Waals surface area (Å²) in [5.41, 5.74) is 4.87. The molecule has 0 radical (unpaired) electrons. The van der Waals surface area contributed by atoms with Crippen LogP contribution in [0.25, 0.3) is 22.3 Å². The second-order valence-electron chi connectivity index (χ2n) is 10.7. The van der Waals surface area contributed by atoms with Gasteiger partial charge in [0.25, 0.3) is 5.56 Å². The number of aromatic nitrogens is 2. The molecule has 0 saturated heterocycles. The van der Waals surface area contributed by atoms with Crippen LogP contribution >= 0.6 is 54.5 Å². The van der Waals surface area contributed by atoms with Crippen molar-refractivity contribution < 1.29 is 14.2 Å². The van der Waals surface area contributed by atoms with Crippen molar-refractivity contribution in [3.63, 3.8) is 0 Å². The highest BCUT2D eigenvalue weighted by Crippen LogP contribution is 2.36. The molecule has 0 aliphatic heterocycles. The number of para-hydroxylation sites is 1.